The molecule has 3 rings (SSSR count). The molecule has 3 fully saturated rings. The Balaban J connectivity index is 1.34. The molecule has 0 aromatic carbocycles. The van der Waals surface area contributed by atoms with E-state index in [1.54, 1.807) is 0 Å². The Bertz CT molecular complexity index is 757. The molecule has 0 radical (unpaired) electrons. The van der Waals surface area contributed by atoms with Crippen LogP contribution in [0.15, 0.2) is 0 Å². The highest BCUT2D eigenvalue weighted by molar-refractivity contribution is 5.76. The van der Waals surface area contributed by atoms with E-state index >= 15 is 0 Å². The van der Waals surface area contributed by atoms with Crippen molar-refractivity contribution < 1.29 is 24.3 Å². The van der Waals surface area contributed by atoms with Crippen LogP contribution in [0.4, 0.5) is 4.79 Å². The zero-order valence-electron chi connectivity index (χ0n) is 22.3. The van der Waals surface area contributed by atoms with Crippen LogP contribution < -0.4 is 26.6 Å². The van der Waals surface area contributed by atoms with Gasteiger partial charge in [-0.05, 0) is 75.5 Å². The standard InChI is InChI=1S/C27H47N5O5/c1-18-4-2-3-5-23(18)32-27(37)31-21-8-6-19(7-9-21)14-25(34)30-22-10-11-24(29-13-12-26(35)36)20(15-22)16-28-17-33/h17-24,29H,2-16H2,1H3,(H,28,33)(H,30,34)(H,35,36)(H2,31,32,37). The van der Waals surface area contributed by atoms with Gasteiger partial charge in [0.1, 0.15) is 0 Å². The van der Waals surface area contributed by atoms with Crippen molar-refractivity contribution in [2.45, 2.75) is 115 Å². The van der Waals surface area contributed by atoms with Crippen LogP contribution in [0, 0.1) is 17.8 Å². The van der Waals surface area contributed by atoms with Crippen molar-refractivity contribution >= 4 is 24.3 Å². The van der Waals surface area contributed by atoms with Gasteiger partial charge >= 0.3 is 12.0 Å². The summed E-state index contributed by atoms with van der Waals surface area (Å²) in [6.45, 7) is 3.12. The van der Waals surface area contributed by atoms with Gasteiger partial charge in [0.05, 0.1) is 6.42 Å². The topological polar surface area (TPSA) is 149 Å². The number of urea groups is 1. The van der Waals surface area contributed by atoms with Crippen LogP contribution in [0.5, 0.6) is 0 Å². The minimum atomic E-state index is -0.835. The molecule has 3 saturated carbocycles. The van der Waals surface area contributed by atoms with E-state index in [9.17, 15) is 19.2 Å². The molecule has 37 heavy (non-hydrogen) atoms. The number of hydrogen-bond acceptors (Lipinski definition) is 5. The molecule has 10 heteroatoms. The number of aliphatic carboxylic acids is 1. The SMILES string of the molecule is CC1CCCCC1NC(=O)NC1CCC(CC(=O)NC2CCC(NCCC(=O)O)C(CNC=O)C2)CC1. The van der Waals surface area contributed by atoms with Crippen LogP contribution in [0.1, 0.15) is 90.4 Å². The molecular formula is C27H47N5O5. The number of carboxylic acids is 1. The Kier molecular flexibility index (Phi) is 12.0. The van der Waals surface area contributed by atoms with Gasteiger partial charge < -0.3 is 31.7 Å². The highest BCUT2D eigenvalue weighted by Gasteiger charge is 2.32. The highest BCUT2D eigenvalue weighted by Crippen LogP contribution is 2.29. The third kappa shape index (κ3) is 10.1. The maximum Gasteiger partial charge on any atom is 0.315 e. The summed E-state index contributed by atoms with van der Waals surface area (Å²) >= 11 is 0. The zero-order chi connectivity index (χ0) is 26.6. The van der Waals surface area contributed by atoms with Gasteiger partial charge in [-0.25, -0.2) is 4.79 Å². The van der Waals surface area contributed by atoms with Crippen LogP contribution in [0.2, 0.25) is 0 Å². The first kappa shape index (κ1) is 29.2. The number of carboxylic acid groups (broad SMARTS) is 1. The Labute approximate surface area is 220 Å². The second-order valence-corrected chi connectivity index (χ2v) is 11.5. The van der Waals surface area contributed by atoms with Gasteiger partial charge in [0.25, 0.3) is 0 Å². The number of rotatable bonds is 12. The van der Waals surface area contributed by atoms with Crippen LogP contribution in [-0.2, 0) is 14.4 Å². The summed E-state index contributed by atoms with van der Waals surface area (Å²) in [7, 11) is 0. The number of carbonyl (C=O) groups excluding carboxylic acids is 3. The highest BCUT2D eigenvalue weighted by atomic mass is 16.4. The fraction of sp³-hybridized carbons (Fsp3) is 0.852. The second kappa shape index (κ2) is 15.1. The maximum atomic E-state index is 12.8. The number of nitrogens with one attached hydrogen (secondary N) is 5. The lowest BCUT2D eigenvalue weighted by atomic mass is 9.80. The summed E-state index contributed by atoms with van der Waals surface area (Å²) in [6.07, 6.45) is 12.0. The molecule has 6 N–H and O–H groups in total. The summed E-state index contributed by atoms with van der Waals surface area (Å²) in [5.41, 5.74) is 0. The van der Waals surface area contributed by atoms with Crippen molar-refractivity contribution in [1.82, 2.24) is 26.6 Å². The number of hydrogen-bond donors (Lipinski definition) is 6. The number of amides is 4. The van der Waals surface area contributed by atoms with E-state index in [4.69, 9.17) is 5.11 Å². The third-order valence-corrected chi connectivity index (χ3v) is 8.64. The minimum absolute atomic E-state index is 0.0494. The van der Waals surface area contributed by atoms with Gasteiger partial charge in [0.15, 0.2) is 0 Å². The lowest BCUT2D eigenvalue weighted by Crippen LogP contribution is -2.50. The van der Waals surface area contributed by atoms with Crippen LogP contribution in [0.3, 0.4) is 0 Å². The van der Waals surface area contributed by atoms with E-state index < -0.39 is 5.97 Å². The second-order valence-electron chi connectivity index (χ2n) is 11.5. The first-order valence-electron chi connectivity index (χ1n) is 14.3. The monoisotopic (exact) mass is 521 g/mol. The average Bonchev–Trinajstić information content (AvgIpc) is 2.86. The zero-order valence-corrected chi connectivity index (χ0v) is 22.3. The molecule has 0 bridgehead atoms. The Hall–Kier alpha value is -2.36. The molecule has 0 saturated heterocycles. The van der Waals surface area contributed by atoms with E-state index in [1.807, 2.05) is 0 Å². The molecule has 0 aliphatic heterocycles. The molecule has 210 valence electrons. The molecule has 5 unspecified atom stereocenters. The molecule has 10 nitrogen and oxygen atoms in total. The smallest absolute Gasteiger partial charge is 0.315 e. The van der Waals surface area contributed by atoms with Gasteiger partial charge in [-0.3, -0.25) is 14.4 Å². The molecule has 4 amide bonds. The van der Waals surface area contributed by atoms with Crippen LogP contribution >= 0.6 is 0 Å². The first-order chi connectivity index (χ1) is 17.8. The van der Waals surface area contributed by atoms with Crippen LogP contribution in [-0.4, -0.2) is 66.7 Å². The summed E-state index contributed by atoms with van der Waals surface area (Å²) in [5, 5.41) is 24.5. The molecule has 0 spiro atoms. The largest absolute Gasteiger partial charge is 0.481 e. The minimum Gasteiger partial charge on any atom is -0.481 e. The molecule has 0 heterocycles. The van der Waals surface area contributed by atoms with Gasteiger partial charge in [-0.1, -0.05) is 19.8 Å². The van der Waals surface area contributed by atoms with Crippen molar-refractivity contribution in [2.75, 3.05) is 13.1 Å². The van der Waals surface area contributed by atoms with Gasteiger partial charge in [-0.2, -0.15) is 0 Å². The Morgan fingerprint density at radius 3 is 2.30 bits per heavy atom. The molecule has 3 aliphatic carbocycles. The van der Waals surface area contributed by atoms with Crippen LogP contribution in [0.25, 0.3) is 0 Å². The van der Waals surface area contributed by atoms with E-state index in [1.165, 1.54) is 19.3 Å². The fourth-order valence-electron chi connectivity index (χ4n) is 6.44. The van der Waals surface area contributed by atoms with Crippen molar-refractivity contribution in [3.05, 3.63) is 0 Å². The lowest BCUT2D eigenvalue weighted by molar-refractivity contribution is -0.137. The van der Waals surface area contributed by atoms with E-state index in [2.05, 4.69) is 33.5 Å². The van der Waals surface area contributed by atoms with Gasteiger partial charge in [0.2, 0.25) is 12.3 Å². The normalized spacial score (nSPS) is 32.1. The quantitative estimate of drug-likeness (QED) is 0.217. The molecular weight excluding hydrogens is 474 g/mol. The fourth-order valence-corrected chi connectivity index (χ4v) is 6.44. The summed E-state index contributed by atoms with van der Waals surface area (Å²) in [5.74, 6) is 0.250. The first-order valence-corrected chi connectivity index (χ1v) is 14.3. The summed E-state index contributed by atoms with van der Waals surface area (Å²) in [6, 6.07) is 0.589. The predicted octanol–water partition coefficient (Wildman–Crippen LogP) is 2.28. The Morgan fingerprint density at radius 1 is 0.865 bits per heavy atom. The van der Waals surface area contributed by atoms with Gasteiger partial charge in [0, 0.05) is 43.7 Å². The summed E-state index contributed by atoms with van der Waals surface area (Å²) in [4.78, 5) is 46.9. The molecule has 3 aliphatic rings. The van der Waals surface area contributed by atoms with E-state index in [0.717, 1.165) is 51.4 Å². The maximum absolute atomic E-state index is 12.8. The van der Waals surface area contributed by atoms with E-state index in [0.29, 0.717) is 37.8 Å². The molecule has 0 aromatic rings. The lowest BCUT2D eigenvalue weighted by Gasteiger charge is -2.37. The predicted molar refractivity (Wildman–Crippen MR) is 141 cm³/mol. The number of carbonyl (C=O) groups is 4. The van der Waals surface area contributed by atoms with Crippen molar-refractivity contribution in [2.24, 2.45) is 17.8 Å². The van der Waals surface area contributed by atoms with Crippen molar-refractivity contribution in [3.8, 4) is 0 Å². The average molecular weight is 522 g/mol. The van der Waals surface area contributed by atoms with E-state index in [-0.39, 0.29) is 48.4 Å². The third-order valence-electron chi connectivity index (χ3n) is 8.64. The Morgan fingerprint density at radius 2 is 1.59 bits per heavy atom. The van der Waals surface area contributed by atoms with Crippen molar-refractivity contribution in [1.29, 1.82) is 0 Å². The van der Waals surface area contributed by atoms with Crippen molar-refractivity contribution in [3.63, 3.8) is 0 Å². The molecule has 0 aromatic heterocycles. The van der Waals surface area contributed by atoms with Gasteiger partial charge in [-0.15, -0.1) is 0 Å². The summed E-state index contributed by atoms with van der Waals surface area (Å²) < 4.78 is 0. The molecule has 5 atom stereocenters.